The van der Waals surface area contributed by atoms with E-state index in [1.54, 1.807) is 6.08 Å². The first-order valence-electron chi connectivity index (χ1n) is 4.10. The lowest BCUT2D eigenvalue weighted by Gasteiger charge is -1.94. The Balaban J connectivity index is 2.80. The molecule has 0 saturated heterocycles. The van der Waals surface area contributed by atoms with Gasteiger partial charge in [0.15, 0.2) is 0 Å². The highest BCUT2D eigenvalue weighted by molar-refractivity contribution is 5.77. The molecule has 2 heteroatoms. The van der Waals surface area contributed by atoms with Crippen LogP contribution in [0.4, 0.5) is 0 Å². The number of imidazole rings is 1. The molecule has 0 bridgehead atoms. The van der Waals surface area contributed by atoms with E-state index >= 15 is 0 Å². The van der Waals surface area contributed by atoms with Crippen molar-refractivity contribution < 1.29 is 0 Å². The number of rotatable bonds is 1. The number of hydrogen-bond donors (Lipinski definition) is 0. The molecule has 0 aliphatic rings. The number of aryl methyl sites for hydroxylation is 1. The zero-order chi connectivity index (χ0) is 9.26. The van der Waals surface area contributed by atoms with Gasteiger partial charge in [0.2, 0.25) is 0 Å². The largest absolute Gasteiger partial charge is 0.327 e. The van der Waals surface area contributed by atoms with Crippen LogP contribution < -0.4 is 0 Å². The number of para-hydroxylation sites is 2. The van der Waals surface area contributed by atoms with Crippen LogP contribution in [0.2, 0.25) is 0 Å². The molecule has 2 nitrogen and oxygen atoms in total. The molecule has 0 unspecified atom stereocenters. The molecule has 0 fully saturated rings. The lowest BCUT2D eigenvalue weighted by atomic mass is 10.3. The molecule has 2 rings (SSSR count). The number of benzene rings is 1. The van der Waals surface area contributed by atoms with Gasteiger partial charge in [0, 0.05) is 13.1 Å². The Morgan fingerprint density at radius 1 is 1.46 bits per heavy atom. The summed E-state index contributed by atoms with van der Waals surface area (Å²) in [7, 11) is 1.98. The Bertz CT molecular complexity index is 488. The van der Waals surface area contributed by atoms with E-state index in [2.05, 4.69) is 17.3 Å². The second-order valence-corrected chi connectivity index (χ2v) is 2.87. The van der Waals surface area contributed by atoms with Crippen molar-refractivity contribution in [1.29, 1.82) is 0 Å². The third-order valence-corrected chi connectivity index (χ3v) is 2.05. The average molecular weight is 170 g/mol. The molecule has 1 aromatic heterocycles. The van der Waals surface area contributed by atoms with Gasteiger partial charge >= 0.3 is 0 Å². The molecule has 0 N–H and O–H groups in total. The van der Waals surface area contributed by atoms with Gasteiger partial charge in [-0.1, -0.05) is 18.7 Å². The van der Waals surface area contributed by atoms with E-state index in [-0.39, 0.29) is 0 Å². The van der Waals surface area contributed by atoms with Gasteiger partial charge in [-0.15, -0.1) is 5.73 Å². The van der Waals surface area contributed by atoms with E-state index in [0.29, 0.717) is 0 Å². The van der Waals surface area contributed by atoms with Crippen LogP contribution in [0.5, 0.6) is 0 Å². The van der Waals surface area contributed by atoms with E-state index < -0.39 is 0 Å². The summed E-state index contributed by atoms with van der Waals surface area (Å²) in [5.41, 5.74) is 4.86. The van der Waals surface area contributed by atoms with Crippen LogP contribution in [0.3, 0.4) is 0 Å². The van der Waals surface area contributed by atoms with Gasteiger partial charge in [-0.2, -0.15) is 0 Å². The Morgan fingerprint density at radius 3 is 2.92 bits per heavy atom. The highest BCUT2D eigenvalue weighted by Gasteiger charge is 2.02. The molecule has 1 heterocycles. The molecule has 0 aliphatic carbocycles. The molecule has 64 valence electrons. The van der Waals surface area contributed by atoms with Crippen molar-refractivity contribution in [2.45, 2.75) is 0 Å². The maximum absolute atomic E-state index is 4.41. The fraction of sp³-hybridized carbons (Fsp3) is 0.0909. The van der Waals surface area contributed by atoms with Crippen LogP contribution in [0.25, 0.3) is 17.1 Å². The van der Waals surface area contributed by atoms with Crippen LogP contribution in [0, 0.1) is 0 Å². The maximum atomic E-state index is 4.41. The molecule has 0 saturated carbocycles. The van der Waals surface area contributed by atoms with Gasteiger partial charge in [0.05, 0.1) is 11.0 Å². The molecular weight excluding hydrogens is 160 g/mol. The van der Waals surface area contributed by atoms with E-state index in [0.717, 1.165) is 16.9 Å². The predicted molar refractivity (Wildman–Crippen MR) is 54.3 cm³/mol. The summed E-state index contributed by atoms with van der Waals surface area (Å²) in [6, 6.07) is 8.03. The molecule has 0 atom stereocenters. The molecule has 0 spiro atoms. The summed E-state index contributed by atoms with van der Waals surface area (Å²) >= 11 is 0. The summed E-state index contributed by atoms with van der Waals surface area (Å²) in [4.78, 5) is 4.41. The Hall–Kier alpha value is -1.79. The van der Waals surface area contributed by atoms with Crippen molar-refractivity contribution in [3.8, 4) is 0 Å². The quantitative estimate of drug-likeness (QED) is 0.601. The van der Waals surface area contributed by atoms with Crippen LogP contribution in [-0.2, 0) is 7.05 Å². The molecular formula is C11H10N2. The standard InChI is InChI=1S/C11H10N2/c1-3-6-11-12-9-7-4-5-8-10(9)13(11)2/h4-8H,1H2,2H3. The third kappa shape index (κ3) is 1.17. The Labute approximate surface area is 76.8 Å². The van der Waals surface area contributed by atoms with Crippen molar-refractivity contribution in [3.63, 3.8) is 0 Å². The minimum Gasteiger partial charge on any atom is -0.327 e. The van der Waals surface area contributed by atoms with E-state index in [1.807, 2.05) is 35.9 Å². The second-order valence-electron chi connectivity index (χ2n) is 2.87. The van der Waals surface area contributed by atoms with Gasteiger partial charge in [-0.05, 0) is 12.1 Å². The number of hydrogen-bond acceptors (Lipinski definition) is 1. The first kappa shape index (κ1) is 7.84. The summed E-state index contributed by atoms with van der Waals surface area (Å²) in [6.45, 7) is 3.53. The molecule has 13 heavy (non-hydrogen) atoms. The van der Waals surface area contributed by atoms with Crippen molar-refractivity contribution in [2.24, 2.45) is 7.05 Å². The minimum atomic E-state index is 0.885. The summed E-state index contributed by atoms with van der Waals surface area (Å²) < 4.78 is 2.02. The summed E-state index contributed by atoms with van der Waals surface area (Å²) in [6.07, 6.45) is 1.78. The number of aromatic nitrogens is 2. The fourth-order valence-electron chi connectivity index (χ4n) is 1.38. The predicted octanol–water partition coefficient (Wildman–Crippen LogP) is 2.37. The summed E-state index contributed by atoms with van der Waals surface area (Å²) in [5.74, 6) is 0.885. The van der Waals surface area contributed by atoms with Gasteiger partial charge in [-0.25, -0.2) is 4.98 Å². The van der Waals surface area contributed by atoms with E-state index in [9.17, 15) is 0 Å². The van der Waals surface area contributed by atoms with Crippen LogP contribution in [0.1, 0.15) is 5.82 Å². The fourth-order valence-corrected chi connectivity index (χ4v) is 1.38. The Morgan fingerprint density at radius 2 is 2.23 bits per heavy atom. The SMILES string of the molecule is C=C=Cc1nc2ccccc2n1C. The monoisotopic (exact) mass is 170 g/mol. The molecule has 0 amide bonds. The first-order chi connectivity index (χ1) is 6.33. The number of nitrogens with zero attached hydrogens (tertiary/aromatic N) is 2. The Kier molecular flexibility index (Phi) is 1.76. The van der Waals surface area contributed by atoms with Gasteiger partial charge < -0.3 is 4.57 Å². The van der Waals surface area contributed by atoms with Crippen LogP contribution >= 0.6 is 0 Å². The second kappa shape index (κ2) is 2.92. The van der Waals surface area contributed by atoms with E-state index in [4.69, 9.17) is 0 Å². The highest BCUT2D eigenvalue weighted by atomic mass is 15.0. The van der Waals surface area contributed by atoms with Crippen LogP contribution in [0.15, 0.2) is 36.6 Å². The normalized spacial score (nSPS) is 9.92. The van der Waals surface area contributed by atoms with Crippen molar-refractivity contribution in [2.75, 3.05) is 0 Å². The first-order valence-corrected chi connectivity index (χ1v) is 4.10. The zero-order valence-corrected chi connectivity index (χ0v) is 7.49. The third-order valence-electron chi connectivity index (χ3n) is 2.05. The van der Waals surface area contributed by atoms with Gasteiger partial charge in [-0.3, -0.25) is 0 Å². The van der Waals surface area contributed by atoms with Gasteiger partial charge in [0.1, 0.15) is 5.82 Å². The smallest absolute Gasteiger partial charge is 0.141 e. The van der Waals surface area contributed by atoms with Crippen LogP contribution in [-0.4, -0.2) is 9.55 Å². The minimum absolute atomic E-state index is 0.885. The number of fused-ring (bicyclic) bond motifs is 1. The van der Waals surface area contributed by atoms with Crippen molar-refractivity contribution in [1.82, 2.24) is 9.55 Å². The molecule has 0 aliphatic heterocycles. The van der Waals surface area contributed by atoms with Crippen molar-refractivity contribution in [3.05, 3.63) is 42.4 Å². The zero-order valence-electron chi connectivity index (χ0n) is 7.49. The molecule has 1 aromatic carbocycles. The lowest BCUT2D eigenvalue weighted by Crippen LogP contribution is -1.89. The average Bonchev–Trinajstić information content (AvgIpc) is 2.46. The van der Waals surface area contributed by atoms with Crippen molar-refractivity contribution >= 4 is 17.1 Å². The molecule has 0 radical (unpaired) electrons. The van der Waals surface area contributed by atoms with E-state index in [1.165, 1.54) is 0 Å². The highest BCUT2D eigenvalue weighted by Crippen LogP contribution is 2.14. The maximum Gasteiger partial charge on any atom is 0.141 e. The topological polar surface area (TPSA) is 17.8 Å². The van der Waals surface area contributed by atoms with Gasteiger partial charge in [0.25, 0.3) is 0 Å². The lowest BCUT2D eigenvalue weighted by molar-refractivity contribution is 0.930. The molecule has 2 aromatic rings. The summed E-state index contributed by atoms with van der Waals surface area (Å²) in [5, 5.41) is 0.